The molecule has 0 fully saturated rings. The molecule has 0 saturated carbocycles. The summed E-state index contributed by atoms with van der Waals surface area (Å²) in [7, 11) is 0. The van der Waals surface area contributed by atoms with E-state index in [1.165, 1.54) is 0 Å². The van der Waals surface area contributed by atoms with Crippen molar-refractivity contribution >= 4 is 17.1 Å². The van der Waals surface area contributed by atoms with Gasteiger partial charge in [-0.25, -0.2) is 4.98 Å². The van der Waals surface area contributed by atoms with Crippen LogP contribution in [0, 0.1) is 0 Å². The van der Waals surface area contributed by atoms with Crippen LogP contribution < -0.4 is 0 Å². The maximum absolute atomic E-state index is 12.3. The van der Waals surface area contributed by atoms with Crippen molar-refractivity contribution in [3.05, 3.63) is 16.1 Å². The minimum atomic E-state index is -4.53. The molecular formula is C8H8F3NOS. The van der Waals surface area contributed by atoms with Gasteiger partial charge < -0.3 is 0 Å². The molecule has 14 heavy (non-hydrogen) atoms. The number of nitrogens with zero attached hydrogens (tertiary/aromatic N) is 1. The summed E-state index contributed by atoms with van der Waals surface area (Å²) in [6.45, 7) is 1.74. The van der Waals surface area contributed by atoms with Crippen molar-refractivity contribution in [2.24, 2.45) is 0 Å². The van der Waals surface area contributed by atoms with E-state index in [9.17, 15) is 18.0 Å². The summed E-state index contributed by atoms with van der Waals surface area (Å²) in [5.41, 5.74) is -0.00734. The Bertz CT molecular complexity index is 332. The molecule has 0 spiro atoms. The predicted octanol–water partition coefficient (Wildman–Crippen LogP) is 3.14. The Morgan fingerprint density at radius 3 is 2.71 bits per heavy atom. The molecule has 0 aromatic carbocycles. The van der Waals surface area contributed by atoms with Crippen LogP contribution in [-0.4, -0.2) is 10.8 Å². The summed E-state index contributed by atoms with van der Waals surface area (Å²) in [4.78, 5) is 14.1. The van der Waals surface area contributed by atoms with E-state index in [0.29, 0.717) is 6.42 Å². The molecular weight excluding hydrogens is 215 g/mol. The minimum absolute atomic E-state index is 0.130. The highest BCUT2D eigenvalue weighted by Crippen LogP contribution is 2.33. The molecule has 1 rings (SSSR count). The number of Topliss-reactive ketones (excluding diaryl/α,β-unsaturated/α-hetero) is 1. The predicted molar refractivity (Wildman–Crippen MR) is 46.4 cm³/mol. The molecule has 0 atom stereocenters. The molecule has 0 N–H and O–H groups in total. The van der Waals surface area contributed by atoms with Crippen LogP contribution in [0.5, 0.6) is 0 Å². The zero-order valence-corrected chi connectivity index (χ0v) is 8.21. The molecule has 78 valence electrons. The van der Waals surface area contributed by atoms with Gasteiger partial charge in [-0.3, -0.25) is 4.79 Å². The molecule has 2 nitrogen and oxygen atoms in total. The van der Waals surface area contributed by atoms with Gasteiger partial charge in [-0.15, -0.1) is 11.3 Å². The standard InChI is InChI=1S/C8H8F3NOS/c1-2-3-5(13)6-7(8(9,10)11)12-4-14-6/h4H,2-3H2,1H3. The number of carbonyl (C=O) groups excluding carboxylic acids is 1. The maximum Gasteiger partial charge on any atom is 0.434 e. The van der Waals surface area contributed by atoms with Crippen molar-refractivity contribution in [2.45, 2.75) is 25.9 Å². The second kappa shape index (κ2) is 4.08. The molecule has 1 aromatic rings. The SMILES string of the molecule is CCCC(=O)c1scnc1C(F)(F)F. The number of rotatable bonds is 3. The monoisotopic (exact) mass is 223 g/mol. The van der Waals surface area contributed by atoms with Crippen LogP contribution in [0.1, 0.15) is 35.1 Å². The van der Waals surface area contributed by atoms with Gasteiger partial charge in [0, 0.05) is 6.42 Å². The highest BCUT2D eigenvalue weighted by atomic mass is 32.1. The molecule has 0 aliphatic rings. The second-order valence-corrected chi connectivity index (χ2v) is 3.56. The highest BCUT2D eigenvalue weighted by molar-refractivity contribution is 7.11. The van der Waals surface area contributed by atoms with Gasteiger partial charge in [0.25, 0.3) is 0 Å². The van der Waals surface area contributed by atoms with Crippen molar-refractivity contribution in [3.8, 4) is 0 Å². The minimum Gasteiger partial charge on any atom is -0.293 e. The first-order chi connectivity index (χ1) is 6.46. The summed E-state index contributed by atoms with van der Waals surface area (Å²) >= 11 is 0.744. The Morgan fingerprint density at radius 1 is 1.57 bits per heavy atom. The molecule has 0 bridgehead atoms. The van der Waals surface area contributed by atoms with Gasteiger partial charge in [0.1, 0.15) is 4.88 Å². The number of halogens is 3. The highest BCUT2D eigenvalue weighted by Gasteiger charge is 2.37. The second-order valence-electron chi connectivity index (χ2n) is 2.70. The third-order valence-corrected chi connectivity index (χ3v) is 2.43. The van der Waals surface area contributed by atoms with Crippen molar-refractivity contribution in [3.63, 3.8) is 0 Å². The van der Waals surface area contributed by atoms with E-state index in [4.69, 9.17) is 0 Å². The Balaban J connectivity index is 2.99. The summed E-state index contributed by atoms with van der Waals surface area (Å²) in [6.07, 6.45) is -3.86. The average molecular weight is 223 g/mol. The quantitative estimate of drug-likeness (QED) is 0.737. The first-order valence-corrected chi connectivity index (χ1v) is 4.88. The lowest BCUT2D eigenvalue weighted by Crippen LogP contribution is -2.11. The Morgan fingerprint density at radius 2 is 2.21 bits per heavy atom. The molecule has 1 aromatic heterocycles. The molecule has 0 aliphatic heterocycles. The number of aromatic nitrogens is 1. The summed E-state index contributed by atoms with van der Waals surface area (Å²) in [6, 6.07) is 0. The van der Waals surface area contributed by atoms with Gasteiger partial charge in [0.05, 0.1) is 5.51 Å². The zero-order chi connectivity index (χ0) is 10.8. The van der Waals surface area contributed by atoms with E-state index < -0.39 is 17.7 Å². The Kier molecular flexibility index (Phi) is 3.25. The van der Waals surface area contributed by atoms with Crippen LogP contribution in [0.2, 0.25) is 0 Å². The van der Waals surface area contributed by atoms with E-state index in [1.807, 2.05) is 0 Å². The fraction of sp³-hybridized carbons (Fsp3) is 0.500. The largest absolute Gasteiger partial charge is 0.434 e. The van der Waals surface area contributed by atoms with Gasteiger partial charge in [-0.05, 0) is 6.42 Å². The summed E-state index contributed by atoms with van der Waals surface area (Å²) in [5.74, 6) is -0.484. The van der Waals surface area contributed by atoms with Crippen LogP contribution in [0.15, 0.2) is 5.51 Å². The first kappa shape index (κ1) is 11.2. The number of alkyl halides is 3. The number of carbonyl (C=O) groups is 1. The van der Waals surface area contributed by atoms with Crippen LogP contribution >= 0.6 is 11.3 Å². The number of ketones is 1. The molecule has 0 unspecified atom stereocenters. The first-order valence-electron chi connectivity index (χ1n) is 4.00. The lowest BCUT2D eigenvalue weighted by Gasteiger charge is -2.04. The third kappa shape index (κ3) is 2.31. The molecule has 6 heteroatoms. The van der Waals surface area contributed by atoms with E-state index in [2.05, 4.69) is 4.98 Å². The van der Waals surface area contributed by atoms with Gasteiger partial charge in [-0.2, -0.15) is 13.2 Å². The molecule has 0 aliphatic carbocycles. The fourth-order valence-electron chi connectivity index (χ4n) is 0.987. The third-order valence-electron chi connectivity index (χ3n) is 1.57. The van der Waals surface area contributed by atoms with Crippen molar-refractivity contribution in [1.29, 1.82) is 0 Å². The smallest absolute Gasteiger partial charge is 0.293 e. The molecule has 1 heterocycles. The Hall–Kier alpha value is -0.910. The van der Waals surface area contributed by atoms with Gasteiger partial charge >= 0.3 is 6.18 Å². The normalized spacial score (nSPS) is 11.7. The lowest BCUT2D eigenvalue weighted by molar-refractivity contribution is -0.141. The maximum atomic E-state index is 12.3. The van der Waals surface area contributed by atoms with E-state index in [-0.39, 0.29) is 11.3 Å². The van der Waals surface area contributed by atoms with Crippen molar-refractivity contribution < 1.29 is 18.0 Å². The summed E-state index contributed by atoms with van der Waals surface area (Å²) in [5, 5.41) is 0. The average Bonchev–Trinajstić information content (AvgIpc) is 2.50. The number of hydrogen-bond donors (Lipinski definition) is 0. The van der Waals surface area contributed by atoms with E-state index >= 15 is 0 Å². The molecule has 0 radical (unpaired) electrons. The Labute approximate surface area is 82.8 Å². The van der Waals surface area contributed by atoms with Crippen molar-refractivity contribution in [1.82, 2.24) is 4.98 Å². The zero-order valence-electron chi connectivity index (χ0n) is 7.39. The molecule has 0 saturated heterocycles. The van der Waals surface area contributed by atoms with Gasteiger partial charge in [0.15, 0.2) is 11.5 Å². The van der Waals surface area contributed by atoms with Crippen LogP contribution in [-0.2, 0) is 6.18 Å². The van der Waals surface area contributed by atoms with Gasteiger partial charge in [-0.1, -0.05) is 6.92 Å². The fourth-order valence-corrected chi connectivity index (χ4v) is 1.76. The molecule has 0 amide bonds. The number of thiazole rings is 1. The van der Waals surface area contributed by atoms with Crippen LogP contribution in [0.4, 0.5) is 13.2 Å². The van der Waals surface area contributed by atoms with Crippen molar-refractivity contribution in [2.75, 3.05) is 0 Å². The van der Waals surface area contributed by atoms with Crippen LogP contribution in [0.3, 0.4) is 0 Å². The lowest BCUT2D eigenvalue weighted by atomic mass is 10.2. The summed E-state index contributed by atoms with van der Waals surface area (Å²) < 4.78 is 36.8. The number of hydrogen-bond acceptors (Lipinski definition) is 3. The van der Waals surface area contributed by atoms with E-state index in [0.717, 1.165) is 16.8 Å². The topological polar surface area (TPSA) is 30.0 Å². The van der Waals surface area contributed by atoms with E-state index in [1.54, 1.807) is 6.92 Å². The van der Waals surface area contributed by atoms with Crippen LogP contribution in [0.25, 0.3) is 0 Å². The van der Waals surface area contributed by atoms with Gasteiger partial charge in [0.2, 0.25) is 0 Å².